The predicted molar refractivity (Wildman–Crippen MR) is 91.8 cm³/mol. The quantitative estimate of drug-likeness (QED) is 0.754. The van der Waals surface area contributed by atoms with E-state index in [4.69, 9.17) is 4.98 Å². The van der Waals surface area contributed by atoms with Crippen LogP contribution in [0.1, 0.15) is 45.6 Å². The van der Waals surface area contributed by atoms with Crippen molar-refractivity contribution in [2.45, 2.75) is 32.2 Å². The number of aromatic nitrogens is 4. The fraction of sp³-hybridized carbons (Fsp3) is 0.294. The first kappa shape index (κ1) is 15.9. The molecule has 1 unspecified atom stereocenters. The molecule has 8 heteroatoms. The highest BCUT2D eigenvalue weighted by atomic mass is 32.1. The number of amides is 1. The number of H-pyrrole nitrogens is 1. The van der Waals surface area contributed by atoms with Gasteiger partial charge in [0.2, 0.25) is 0 Å². The van der Waals surface area contributed by atoms with Gasteiger partial charge in [0.05, 0.1) is 22.3 Å². The minimum atomic E-state index is -0.266. The molecule has 128 valence electrons. The second kappa shape index (κ2) is 6.36. The van der Waals surface area contributed by atoms with E-state index < -0.39 is 0 Å². The van der Waals surface area contributed by atoms with Crippen LogP contribution in [-0.2, 0) is 6.42 Å². The van der Waals surface area contributed by atoms with Gasteiger partial charge < -0.3 is 5.32 Å². The summed E-state index contributed by atoms with van der Waals surface area (Å²) in [7, 11) is 0. The summed E-state index contributed by atoms with van der Waals surface area (Å²) in [6.07, 6.45) is 2.71. The summed E-state index contributed by atoms with van der Waals surface area (Å²) in [5.74, 6) is -0.501. The standard InChI is InChI=1S/C17H16FN5OS/c1-9-14(22-23-21-9)16(24)19-12-3-2-4-13-15(12)25-17(20-13)10-5-7-11(18)8-6-10/h5-8,12H,2-4H2,1H3,(H,19,24)(H,21,22,23). The lowest BCUT2D eigenvalue weighted by Gasteiger charge is -2.22. The summed E-state index contributed by atoms with van der Waals surface area (Å²) < 4.78 is 13.1. The maximum Gasteiger partial charge on any atom is 0.274 e. The smallest absolute Gasteiger partial charge is 0.274 e. The van der Waals surface area contributed by atoms with E-state index in [0.717, 1.165) is 40.4 Å². The molecular weight excluding hydrogens is 341 g/mol. The van der Waals surface area contributed by atoms with Gasteiger partial charge in [0.1, 0.15) is 10.8 Å². The Kier molecular flexibility index (Phi) is 4.04. The van der Waals surface area contributed by atoms with Gasteiger partial charge in [-0.05, 0) is 50.5 Å². The van der Waals surface area contributed by atoms with Crippen LogP contribution in [0.3, 0.4) is 0 Å². The Morgan fingerprint density at radius 2 is 2.12 bits per heavy atom. The Labute approximate surface area is 147 Å². The molecule has 2 heterocycles. The third-order valence-corrected chi connectivity index (χ3v) is 5.54. The van der Waals surface area contributed by atoms with Gasteiger partial charge in [0.15, 0.2) is 5.69 Å². The molecule has 0 aliphatic heterocycles. The molecule has 2 aromatic heterocycles. The van der Waals surface area contributed by atoms with E-state index in [1.54, 1.807) is 30.4 Å². The second-order valence-corrected chi connectivity index (χ2v) is 7.04. The molecule has 1 amide bonds. The number of aromatic amines is 1. The molecule has 25 heavy (non-hydrogen) atoms. The number of nitrogens with one attached hydrogen (secondary N) is 2. The molecule has 0 spiro atoms. The Bertz CT molecular complexity index is 918. The first-order valence-electron chi connectivity index (χ1n) is 8.05. The van der Waals surface area contributed by atoms with Crippen molar-refractivity contribution in [3.05, 3.63) is 52.0 Å². The number of halogens is 1. The largest absolute Gasteiger partial charge is 0.343 e. The third-order valence-electron chi connectivity index (χ3n) is 4.28. The minimum Gasteiger partial charge on any atom is -0.343 e. The maximum atomic E-state index is 13.1. The number of carbonyl (C=O) groups excluding carboxylic acids is 1. The van der Waals surface area contributed by atoms with Crippen LogP contribution in [0.25, 0.3) is 10.6 Å². The minimum absolute atomic E-state index is 0.0842. The van der Waals surface area contributed by atoms with Crippen LogP contribution in [0.2, 0.25) is 0 Å². The topological polar surface area (TPSA) is 83.6 Å². The number of hydrogen-bond acceptors (Lipinski definition) is 5. The van der Waals surface area contributed by atoms with Crippen molar-refractivity contribution in [2.24, 2.45) is 0 Å². The summed E-state index contributed by atoms with van der Waals surface area (Å²) in [6.45, 7) is 1.74. The van der Waals surface area contributed by atoms with Gasteiger partial charge in [-0.3, -0.25) is 4.79 Å². The molecule has 1 atom stereocenters. The molecule has 3 aromatic rings. The molecule has 1 aliphatic rings. The van der Waals surface area contributed by atoms with E-state index in [2.05, 4.69) is 20.7 Å². The highest BCUT2D eigenvalue weighted by Crippen LogP contribution is 2.38. The lowest BCUT2D eigenvalue weighted by molar-refractivity contribution is 0.0927. The number of thiazole rings is 1. The summed E-state index contributed by atoms with van der Waals surface area (Å²) in [5, 5.41) is 14.1. The van der Waals surface area contributed by atoms with Gasteiger partial charge in [-0.1, -0.05) is 0 Å². The Morgan fingerprint density at radius 3 is 2.84 bits per heavy atom. The van der Waals surface area contributed by atoms with Gasteiger partial charge in [-0.2, -0.15) is 15.4 Å². The molecule has 6 nitrogen and oxygen atoms in total. The summed E-state index contributed by atoms with van der Waals surface area (Å²) in [5.41, 5.74) is 2.79. The Balaban J connectivity index is 1.60. The summed E-state index contributed by atoms with van der Waals surface area (Å²) in [6, 6.07) is 6.24. The van der Waals surface area contributed by atoms with Gasteiger partial charge in [0, 0.05) is 5.56 Å². The Morgan fingerprint density at radius 1 is 1.32 bits per heavy atom. The molecule has 0 radical (unpaired) electrons. The van der Waals surface area contributed by atoms with E-state index in [1.165, 1.54) is 12.1 Å². The van der Waals surface area contributed by atoms with Gasteiger partial charge in [-0.25, -0.2) is 9.37 Å². The number of benzene rings is 1. The van der Waals surface area contributed by atoms with E-state index >= 15 is 0 Å². The zero-order valence-corrected chi connectivity index (χ0v) is 14.4. The second-order valence-electron chi connectivity index (χ2n) is 6.01. The highest BCUT2D eigenvalue weighted by molar-refractivity contribution is 7.15. The number of rotatable bonds is 3. The first-order chi connectivity index (χ1) is 12.1. The predicted octanol–water partition coefficient (Wildman–Crippen LogP) is 3.18. The van der Waals surface area contributed by atoms with Crippen molar-refractivity contribution in [1.29, 1.82) is 0 Å². The molecule has 2 N–H and O–H groups in total. The monoisotopic (exact) mass is 357 g/mol. The fourth-order valence-corrected chi connectivity index (χ4v) is 4.20. The number of carbonyl (C=O) groups is 1. The van der Waals surface area contributed by atoms with Crippen molar-refractivity contribution in [3.8, 4) is 10.6 Å². The zero-order valence-electron chi connectivity index (χ0n) is 13.5. The first-order valence-corrected chi connectivity index (χ1v) is 8.87. The van der Waals surface area contributed by atoms with E-state index in [-0.39, 0.29) is 17.8 Å². The van der Waals surface area contributed by atoms with Crippen molar-refractivity contribution >= 4 is 17.2 Å². The van der Waals surface area contributed by atoms with Crippen molar-refractivity contribution < 1.29 is 9.18 Å². The van der Waals surface area contributed by atoms with Gasteiger partial charge >= 0.3 is 0 Å². The molecule has 0 bridgehead atoms. The fourth-order valence-electron chi connectivity index (χ4n) is 3.00. The normalized spacial score (nSPS) is 16.5. The van der Waals surface area contributed by atoms with E-state index in [9.17, 15) is 9.18 Å². The molecule has 0 fully saturated rings. The number of fused-ring (bicyclic) bond motifs is 1. The number of nitrogens with zero attached hydrogens (tertiary/aromatic N) is 3. The van der Waals surface area contributed by atoms with Gasteiger partial charge in [0.25, 0.3) is 5.91 Å². The number of aryl methyl sites for hydroxylation is 2. The SMILES string of the molecule is Cc1n[nH]nc1C(=O)NC1CCCc2nc(-c3ccc(F)cc3)sc21. The van der Waals surface area contributed by atoms with Crippen molar-refractivity contribution in [1.82, 2.24) is 25.7 Å². The van der Waals surface area contributed by atoms with E-state index in [1.807, 2.05) is 0 Å². The van der Waals surface area contributed by atoms with Crippen LogP contribution in [0, 0.1) is 12.7 Å². The van der Waals surface area contributed by atoms with Crippen molar-refractivity contribution in [3.63, 3.8) is 0 Å². The molecule has 0 saturated carbocycles. The van der Waals surface area contributed by atoms with Crippen LogP contribution >= 0.6 is 11.3 Å². The number of hydrogen-bond donors (Lipinski definition) is 2. The molecule has 4 rings (SSSR count). The summed E-state index contributed by atoms with van der Waals surface area (Å²) >= 11 is 1.55. The third kappa shape index (κ3) is 3.05. The van der Waals surface area contributed by atoms with Crippen LogP contribution in [0.4, 0.5) is 4.39 Å². The molecule has 1 aromatic carbocycles. The molecule has 0 saturated heterocycles. The zero-order chi connectivity index (χ0) is 17.4. The van der Waals surface area contributed by atoms with Crippen LogP contribution in [0.15, 0.2) is 24.3 Å². The van der Waals surface area contributed by atoms with Crippen molar-refractivity contribution in [2.75, 3.05) is 0 Å². The highest BCUT2D eigenvalue weighted by Gasteiger charge is 2.27. The average Bonchev–Trinajstić information content (AvgIpc) is 3.22. The van der Waals surface area contributed by atoms with Crippen LogP contribution < -0.4 is 5.32 Å². The van der Waals surface area contributed by atoms with Crippen LogP contribution in [-0.4, -0.2) is 26.3 Å². The Hall–Kier alpha value is -2.61. The summed E-state index contributed by atoms with van der Waals surface area (Å²) in [4.78, 5) is 18.2. The molecular formula is C17H16FN5OS. The maximum absolute atomic E-state index is 13.1. The molecule has 1 aliphatic carbocycles. The van der Waals surface area contributed by atoms with Gasteiger partial charge in [-0.15, -0.1) is 11.3 Å². The van der Waals surface area contributed by atoms with Crippen LogP contribution in [0.5, 0.6) is 0 Å². The lowest BCUT2D eigenvalue weighted by atomic mass is 9.98. The van der Waals surface area contributed by atoms with E-state index in [0.29, 0.717) is 11.4 Å². The average molecular weight is 357 g/mol. The lowest BCUT2D eigenvalue weighted by Crippen LogP contribution is -2.31.